The van der Waals surface area contributed by atoms with Crippen LogP contribution in [0, 0.1) is 24.2 Å². The summed E-state index contributed by atoms with van der Waals surface area (Å²) in [5.41, 5.74) is 7.23. The molecule has 3 N–H and O–H groups in total. The highest BCUT2D eigenvalue weighted by Crippen LogP contribution is 2.34. The van der Waals surface area contributed by atoms with Gasteiger partial charge in [-0.3, -0.25) is 4.79 Å². The molecule has 0 aliphatic heterocycles. The van der Waals surface area contributed by atoms with Crippen LogP contribution in [0.1, 0.15) is 24.0 Å². The molecule has 0 heterocycles. The first-order valence-corrected chi connectivity index (χ1v) is 5.79. The van der Waals surface area contributed by atoms with Gasteiger partial charge in [0.25, 0.3) is 0 Å². The lowest BCUT2D eigenvalue weighted by atomic mass is 9.99. The number of aliphatic hydroxyl groups excluding tert-OH is 1. The van der Waals surface area contributed by atoms with Crippen molar-refractivity contribution in [2.45, 2.75) is 19.8 Å². The molecule has 1 aromatic carbocycles. The van der Waals surface area contributed by atoms with Gasteiger partial charge < -0.3 is 10.8 Å². The fraction of sp³-hybridized carbons (Fsp3) is 0.286. The van der Waals surface area contributed by atoms with Crippen LogP contribution in [0.2, 0.25) is 0 Å². The molecular formula is C14H14N2O2. The van der Waals surface area contributed by atoms with Gasteiger partial charge in [-0.2, -0.15) is 5.26 Å². The molecule has 0 radical (unpaired) electrons. The highest BCUT2D eigenvalue weighted by Gasteiger charge is 2.34. The average Bonchev–Trinajstić information content (AvgIpc) is 3.17. The Bertz CT molecular complexity index is 578. The average molecular weight is 242 g/mol. The summed E-state index contributed by atoms with van der Waals surface area (Å²) in [6.45, 7) is 1.75. The maximum atomic E-state index is 11.9. The minimum atomic E-state index is -0.267. The SMILES string of the molecule is Cc1c(N)cccc1/C(O)=C(\C#N)C(=O)C1CC1. The van der Waals surface area contributed by atoms with E-state index in [1.54, 1.807) is 25.1 Å². The van der Waals surface area contributed by atoms with E-state index in [-0.39, 0.29) is 23.0 Å². The number of anilines is 1. The molecule has 0 aromatic heterocycles. The number of benzene rings is 1. The summed E-state index contributed by atoms with van der Waals surface area (Å²) in [5.74, 6) is -0.626. The highest BCUT2D eigenvalue weighted by atomic mass is 16.3. The largest absolute Gasteiger partial charge is 0.506 e. The first kappa shape index (κ1) is 12.2. The number of hydrogen-bond acceptors (Lipinski definition) is 4. The number of carbonyl (C=O) groups is 1. The molecule has 4 nitrogen and oxygen atoms in total. The summed E-state index contributed by atoms with van der Waals surface area (Å²) in [6.07, 6.45) is 1.60. The van der Waals surface area contributed by atoms with Crippen molar-refractivity contribution in [3.05, 3.63) is 34.9 Å². The van der Waals surface area contributed by atoms with Gasteiger partial charge in [0.1, 0.15) is 17.4 Å². The van der Waals surface area contributed by atoms with Crippen molar-refractivity contribution in [2.24, 2.45) is 5.92 Å². The molecule has 0 amide bonds. The zero-order chi connectivity index (χ0) is 13.3. The van der Waals surface area contributed by atoms with Crippen molar-refractivity contribution < 1.29 is 9.90 Å². The molecule has 1 aliphatic carbocycles. The second kappa shape index (κ2) is 4.53. The molecule has 1 aliphatic rings. The Kier molecular flexibility index (Phi) is 3.07. The van der Waals surface area contributed by atoms with Gasteiger partial charge in [0.05, 0.1) is 0 Å². The molecule has 4 heteroatoms. The lowest BCUT2D eigenvalue weighted by Crippen LogP contribution is -2.07. The zero-order valence-corrected chi connectivity index (χ0v) is 10.1. The molecule has 0 atom stereocenters. The van der Waals surface area contributed by atoms with E-state index in [2.05, 4.69) is 0 Å². The number of nitrogen functional groups attached to an aromatic ring is 1. The van der Waals surface area contributed by atoms with Gasteiger partial charge in [-0.1, -0.05) is 12.1 Å². The number of nitrogens with zero attached hydrogens (tertiary/aromatic N) is 1. The molecule has 0 unspecified atom stereocenters. The third-order valence-corrected chi connectivity index (χ3v) is 3.17. The smallest absolute Gasteiger partial charge is 0.180 e. The number of Topliss-reactive ketones (excluding diaryl/α,β-unsaturated/α-hetero) is 1. The Hall–Kier alpha value is -2.28. The van der Waals surface area contributed by atoms with Gasteiger partial charge in [-0.05, 0) is 31.4 Å². The van der Waals surface area contributed by atoms with Crippen molar-refractivity contribution in [3.63, 3.8) is 0 Å². The third kappa shape index (κ3) is 2.07. The Morgan fingerprint density at radius 1 is 1.50 bits per heavy atom. The number of aliphatic hydroxyl groups is 1. The van der Waals surface area contributed by atoms with Crippen LogP contribution in [-0.2, 0) is 4.79 Å². The van der Waals surface area contributed by atoms with Crippen LogP contribution in [-0.4, -0.2) is 10.9 Å². The molecule has 2 rings (SSSR count). The molecule has 0 spiro atoms. The van der Waals surface area contributed by atoms with E-state index in [0.29, 0.717) is 16.8 Å². The molecule has 1 saturated carbocycles. The number of nitriles is 1. The van der Waals surface area contributed by atoms with Crippen LogP contribution in [0.3, 0.4) is 0 Å². The van der Waals surface area contributed by atoms with Gasteiger partial charge in [0.2, 0.25) is 0 Å². The molecule has 1 aromatic rings. The van der Waals surface area contributed by atoms with Crippen molar-refractivity contribution in [1.29, 1.82) is 5.26 Å². The second-order valence-electron chi connectivity index (χ2n) is 4.49. The first-order valence-electron chi connectivity index (χ1n) is 5.79. The lowest BCUT2D eigenvalue weighted by molar-refractivity contribution is -0.116. The number of hydrogen-bond donors (Lipinski definition) is 2. The normalized spacial score (nSPS) is 15.8. The minimum Gasteiger partial charge on any atom is -0.506 e. The van der Waals surface area contributed by atoms with Crippen LogP contribution < -0.4 is 5.73 Å². The fourth-order valence-electron chi connectivity index (χ4n) is 1.82. The van der Waals surface area contributed by atoms with Crippen molar-refractivity contribution >= 4 is 17.2 Å². The molecule has 18 heavy (non-hydrogen) atoms. The molecule has 0 saturated heterocycles. The second-order valence-corrected chi connectivity index (χ2v) is 4.49. The number of allylic oxidation sites excluding steroid dienone is 1. The van der Waals surface area contributed by atoms with Gasteiger partial charge in [0.15, 0.2) is 5.78 Å². The van der Waals surface area contributed by atoms with E-state index in [1.807, 2.05) is 6.07 Å². The van der Waals surface area contributed by atoms with Crippen LogP contribution in [0.25, 0.3) is 5.76 Å². The summed E-state index contributed by atoms with van der Waals surface area (Å²) in [7, 11) is 0. The van der Waals surface area contributed by atoms with E-state index < -0.39 is 0 Å². The van der Waals surface area contributed by atoms with E-state index in [1.165, 1.54) is 0 Å². The Balaban J connectivity index is 2.50. The number of ketones is 1. The molecule has 92 valence electrons. The lowest BCUT2D eigenvalue weighted by Gasteiger charge is -2.09. The predicted octanol–water partition coefficient (Wildman–Crippen LogP) is 2.35. The standard InChI is InChI=1S/C14H14N2O2/c1-8-10(3-2-4-12(8)16)14(18)11(7-15)13(17)9-5-6-9/h2-4,9,18H,5-6,16H2,1H3/b14-11-. The van der Waals surface area contributed by atoms with Crippen molar-refractivity contribution in [3.8, 4) is 6.07 Å². The summed E-state index contributed by atoms with van der Waals surface area (Å²) < 4.78 is 0. The van der Waals surface area contributed by atoms with Gasteiger partial charge in [0, 0.05) is 17.2 Å². The van der Waals surface area contributed by atoms with Gasteiger partial charge >= 0.3 is 0 Å². The Morgan fingerprint density at radius 3 is 2.72 bits per heavy atom. The summed E-state index contributed by atoms with van der Waals surface area (Å²) >= 11 is 0. The summed E-state index contributed by atoms with van der Waals surface area (Å²) in [6, 6.07) is 6.85. The van der Waals surface area contributed by atoms with E-state index in [9.17, 15) is 9.90 Å². The van der Waals surface area contributed by atoms with Crippen LogP contribution in [0.15, 0.2) is 23.8 Å². The Morgan fingerprint density at radius 2 is 2.17 bits per heavy atom. The molecule has 0 bridgehead atoms. The van der Waals surface area contributed by atoms with Crippen LogP contribution >= 0.6 is 0 Å². The minimum absolute atomic E-state index is 0.0943. The zero-order valence-electron chi connectivity index (χ0n) is 10.1. The third-order valence-electron chi connectivity index (χ3n) is 3.17. The summed E-state index contributed by atoms with van der Waals surface area (Å²) in [4.78, 5) is 11.9. The Labute approximate surface area is 105 Å². The molecule has 1 fully saturated rings. The number of nitrogens with two attached hydrogens (primary N) is 1. The van der Waals surface area contributed by atoms with E-state index in [4.69, 9.17) is 11.0 Å². The maximum Gasteiger partial charge on any atom is 0.180 e. The number of carbonyl (C=O) groups excluding carboxylic acids is 1. The van der Waals surface area contributed by atoms with Crippen LogP contribution in [0.5, 0.6) is 0 Å². The highest BCUT2D eigenvalue weighted by molar-refractivity contribution is 6.07. The van der Waals surface area contributed by atoms with Gasteiger partial charge in [-0.25, -0.2) is 0 Å². The maximum absolute atomic E-state index is 11.9. The first-order chi connectivity index (χ1) is 8.56. The molecular weight excluding hydrogens is 228 g/mol. The van der Waals surface area contributed by atoms with E-state index in [0.717, 1.165) is 12.8 Å². The predicted molar refractivity (Wildman–Crippen MR) is 68.5 cm³/mol. The quantitative estimate of drug-likeness (QED) is 0.368. The topological polar surface area (TPSA) is 87.1 Å². The monoisotopic (exact) mass is 242 g/mol. The fourth-order valence-corrected chi connectivity index (χ4v) is 1.82. The van der Waals surface area contributed by atoms with Crippen molar-refractivity contribution in [1.82, 2.24) is 0 Å². The van der Waals surface area contributed by atoms with Gasteiger partial charge in [-0.15, -0.1) is 0 Å². The summed E-state index contributed by atoms with van der Waals surface area (Å²) in [5, 5.41) is 19.2. The van der Waals surface area contributed by atoms with Crippen LogP contribution in [0.4, 0.5) is 5.69 Å². The van der Waals surface area contributed by atoms with E-state index >= 15 is 0 Å². The van der Waals surface area contributed by atoms with Crippen molar-refractivity contribution in [2.75, 3.05) is 5.73 Å². The number of rotatable bonds is 3.